The van der Waals surface area contributed by atoms with Gasteiger partial charge in [0.2, 0.25) is 0 Å². The maximum absolute atomic E-state index is 12.9. The molecule has 2 aromatic heterocycles. The van der Waals surface area contributed by atoms with E-state index in [1.165, 1.54) is 0 Å². The molecule has 8 nitrogen and oxygen atoms in total. The molecule has 2 heterocycles. The third kappa shape index (κ3) is 4.49. The van der Waals surface area contributed by atoms with Gasteiger partial charge < -0.3 is 16.0 Å². The smallest absolute Gasteiger partial charge is 0.254 e. The summed E-state index contributed by atoms with van der Waals surface area (Å²) < 4.78 is 7.04. The van der Waals surface area contributed by atoms with Crippen LogP contribution in [-0.4, -0.2) is 26.6 Å². The Morgan fingerprint density at radius 2 is 1.82 bits per heavy atom. The Kier molecular flexibility index (Phi) is 6.10. The zero-order valence-electron chi connectivity index (χ0n) is 20.5. The molecule has 1 saturated carbocycles. The molecular weight excluding hydrogens is 430 g/mol. The fourth-order valence-corrected chi connectivity index (χ4v) is 4.81. The minimum absolute atomic E-state index is 0.0174. The highest BCUT2D eigenvalue weighted by Crippen LogP contribution is 2.50. The molecule has 3 aromatic rings. The fraction of sp³-hybridized carbons (Fsp3) is 0.462. The summed E-state index contributed by atoms with van der Waals surface area (Å²) in [4.78, 5) is 24.9. The average Bonchev–Trinajstić information content (AvgIpc) is 3.35. The van der Waals surface area contributed by atoms with Gasteiger partial charge in [-0.05, 0) is 37.7 Å². The summed E-state index contributed by atoms with van der Waals surface area (Å²) in [6.45, 7) is 10.2. The number of carbonyl (C=O) groups is 2. The molecule has 0 saturated heterocycles. The standard InChI is InChI=1S/C26H33N5O3/c1-14(2)31-24(27)22(25(28)33)23(29-31)17-8-6-16(7-9-17)15(3)21(32)11-19-10-20(30-34-19)18-12-26(4,5)13-18/h6-10,14-15,18H,11-13,27H2,1-5H3,(H2,28,33). The molecule has 1 aliphatic carbocycles. The van der Waals surface area contributed by atoms with Crippen molar-refractivity contribution in [3.63, 3.8) is 0 Å². The van der Waals surface area contributed by atoms with Crippen molar-refractivity contribution in [1.82, 2.24) is 14.9 Å². The van der Waals surface area contributed by atoms with E-state index in [2.05, 4.69) is 24.1 Å². The SMILES string of the molecule is CC(C(=O)Cc1cc(C2CC(C)(C)C2)no1)c1ccc(-c2nn(C(C)C)c(N)c2C(N)=O)cc1. The Balaban J connectivity index is 1.47. The van der Waals surface area contributed by atoms with Gasteiger partial charge in [-0.1, -0.05) is 50.2 Å². The number of amides is 1. The average molecular weight is 464 g/mol. The number of nitrogen functional groups attached to an aromatic ring is 1. The van der Waals surface area contributed by atoms with Crippen molar-refractivity contribution in [3.05, 3.63) is 52.9 Å². The Morgan fingerprint density at radius 3 is 2.38 bits per heavy atom. The molecule has 1 aromatic carbocycles. The molecule has 1 amide bonds. The van der Waals surface area contributed by atoms with Crippen LogP contribution in [0.5, 0.6) is 0 Å². The van der Waals surface area contributed by atoms with Gasteiger partial charge in [0, 0.05) is 29.5 Å². The van der Waals surface area contributed by atoms with E-state index in [1.54, 1.807) is 4.68 Å². The number of nitrogens with zero attached hydrogens (tertiary/aromatic N) is 3. The first kappa shape index (κ1) is 23.7. The number of primary amides is 1. The summed E-state index contributed by atoms with van der Waals surface area (Å²) in [5.41, 5.74) is 15.2. The van der Waals surface area contributed by atoms with Crippen LogP contribution in [-0.2, 0) is 11.2 Å². The van der Waals surface area contributed by atoms with E-state index in [0.717, 1.165) is 24.1 Å². The third-order valence-electron chi connectivity index (χ3n) is 6.79. The second-order valence-corrected chi connectivity index (χ2v) is 10.5. The number of ketones is 1. The molecule has 34 heavy (non-hydrogen) atoms. The molecule has 0 spiro atoms. The number of carbonyl (C=O) groups excluding carboxylic acids is 2. The van der Waals surface area contributed by atoms with Crippen LogP contribution in [0.2, 0.25) is 0 Å². The lowest BCUT2D eigenvalue weighted by molar-refractivity contribution is -0.119. The van der Waals surface area contributed by atoms with Crippen LogP contribution in [0.1, 0.15) is 92.7 Å². The second kappa shape index (κ2) is 8.74. The van der Waals surface area contributed by atoms with Gasteiger partial charge in [-0.25, -0.2) is 4.68 Å². The van der Waals surface area contributed by atoms with Gasteiger partial charge in [-0.3, -0.25) is 9.59 Å². The van der Waals surface area contributed by atoms with Gasteiger partial charge in [0.1, 0.15) is 28.6 Å². The molecule has 4 N–H and O–H groups in total. The molecule has 1 atom stereocenters. The zero-order chi connectivity index (χ0) is 24.8. The summed E-state index contributed by atoms with van der Waals surface area (Å²) >= 11 is 0. The van der Waals surface area contributed by atoms with Crippen LogP contribution in [0.15, 0.2) is 34.9 Å². The predicted octanol–water partition coefficient (Wildman–Crippen LogP) is 4.62. The van der Waals surface area contributed by atoms with E-state index in [4.69, 9.17) is 16.0 Å². The summed E-state index contributed by atoms with van der Waals surface area (Å²) in [6.07, 6.45) is 2.38. The van der Waals surface area contributed by atoms with Crippen molar-refractivity contribution >= 4 is 17.5 Å². The molecule has 1 unspecified atom stereocenters. The highest BCUT2D eigenvalue weighted by atomic mass is 16.5. The predicted molar refractivity (Wildman–Crippen MR) is 130 cm³/mol. The Morgan fingerprint density at radius 1 is 1.18 bits per heavy atom. The highest BCUT2D eigenvalue weighted by molar-refractivity contribution is 6.03. The Labute approximate surface area is 199 Å². The number of nitrogens with two attached hydrogens (primary N) is 2. The molecule has 0 radical (unpaired) electrons. The van der Waals surface area contributed by atoms with Gasteiger partial charge in [-0.2, -0.15) is 5.10 Å². The van der Waals surface area contributed by atoms with Crippen LogP contribution in [0.4, 0.5) is 5.82 Å². The number of hydrogen-bond acceptors (Lipinski definition) is 6. The van der Waals surface area contributed by atoms with Gasteiger partial charge in [0.15, 0.2) is 0 Å². The monoisotopic (exact) mass is 463 g/mol. The number of Topliss-reactive ketones (excluding diaryl/α,β-unsaturated/α-hetero) is 1. The first-order valence-corrected chi connectivity index (χ1v) is 11.7. The topological polar surface area (TPSA) is 130 Å². The number of benzene rings is 1. The van der Waals surface area contributed by atoms with Gasteiger partial charge in [0.05, 0.1) is 12.1 Å². The van der Waals surface area contributed by atoms with Crippen LogP contribution < -0.4 is 11.5 Å². The zero-order valence-corrected chi connectivity index (χ0v) is 20.5. The van der Waals surface area contributed by atoms with E-state index < -0.39 is 5.91 Å². The first-order chi connectivity index (χ1) is 16.0. The van der Waals surface area contributed by atoms with Gasteiger partial charge in [0.25, 0.3) is 5.91 Å². The molecule has 8 heteroatoms. The highest BCUT2D eigenvalue weighted by Gasteiger charge is 2.38. The molecule has 180 valence electrons. The van der Waals surface area contributed by atoms with Crippen LogP contribution >= 0.6 is 0 Å². The van der Waals surface area contributed by atoms with Crippen molar-refractivity contribution in [3.8, 4) is 11.3 Å². The van der Waals surface area contributed by atoms with Crippen molar-refractivity contribution in [2.75, 3.05) is 5.73 Å². The minimum atomic E-state index is -0.621. The van der Waals surface area contributed by atoms with Crippen molar-refractivity contribution in [2.24, 2.45) is 11.1 Å². The lowest BCUT2D eigenvalue weighted by Gasteiger charge is -2.41. The summed E-state index contributed by atoms with van der Waals surface area (Å²) in [7, 11) is 0. The van der Waals surface area contributed by atoms with Gasteiger partial charge >= 0.3 is 0 Å². The molecule has 0 aliphatic heterocycles. The fourth-order valence-electron chi connectivity index (χ4n) is 4.81. The summed E-state index contributed by atoms with van der Waals surface area (Å²) in [5.74, 6) is 0.389. The largest absolute Gasteiger partial charge is 0.383 e. The maximum atomic E-state index is 12.9. The van der Waals surface area contributed by atoms with E-state index in [0.29, 0.717) is 28.4 Å². The van der Waals surface area contributed by atoms with Gasteiger partial charge in [-0.15, -0.1) is 0 Å². The lowest BCUT2D eigenvalue weighted by Crippen LogP contribution is -2.29. The van der Waals surface area contributed by atoms with E-state index in [1.807, 2.05) is 51.1 Å². The van der Waals surface area contributed by atoms with Crippen LogP contribution in [0.25, 0.3) is 11.3 Å². The number of aromatic nitrogens is 3. The van der Waals surface area contributed by atoms with E-state index >= 15 is 0 Å². The van der Waals surface area contributed by atoms with Crippen LogP contribution in [0, 0.1) is 5.41 Å². The molecular formula is C26H33N5O3. The third-order valence-corrected chi connectivity index (χ3v) is 6.79. The Bertz CT molecular complexity index is 1210. The molecule has 1 fully saturated rings. The lowest BCUT2D eigenvalue weighted by atomic mass is 9.63. The van der Waals surface area contributed by atoms with Crippen LogP contribution in [0.3, 0.4) is 0 Å². The quantitative estimate of drug-likeness (QED) is 0.501. The maximum Gasteiger partial charge on any atom is 0.254 e. The second-order valence-electron chi connectivity index (χ2n) is 10.5. The normalized spacial score (nSPS) is 16.4. The van der Waals surface area contributed by atoms with Crippen molar-refractivity contribution in [1.29, 1.82) is 0 Å². The van der Waals surface area contributed by atoms with E-state index in [-0.39, 0.29) is 35.5 Å². The number of rotatable bonds is 8. The number of hydrogen-bond donors (Lipinski definition) is 2. The molecule has 0 bridgehead atoms. The molecule has 1 aliphatic rings. The Hall–Kier alpha value is -3.42. The van der Waals surface area contributed by atoms with E-state index in [9.17, 15) is 9.59 Å². The molecule has 4 rings (SSSR count). The van der Waals surface area contributed by atoms with Crippen molar-refractivity contribution in [2.45, 2.75) is 71.8 Å². The minimum Gasteiger partial charge on any atom is -0.383 e. The van der Waals surface area contributed by atoms with Crippen molar-refractivity contribution < 1.29 is 14.1 Å². The summed E-state index contributed by atoms with van der Waals surface area (Å²) in [5, 5.41) is 8.70. The summed E-state index contributed by atoms with van der Waals surface area (Å²) in [6, 6.07) is 9.32. The number of anilines is 1. The first-order valence-electron chi connectivity index (χ1n) is 11.7.